The number of aromatic nitrogens is 1. The normalized spacial score (nSPS) is 14.6. The Bertz CT molecular complexity index is 839. The Morgan fingerprint density at radius 3 is 2.33 bits per heavy atom. The van der Waals surface area contributed by atoms with E-state index in [9.17, 15) is 14.4 Å². The average Bonchev–Trinajstić information content (AvgIpc) is 3.21. The van der Waals surface area contributed by atoms with Crippen LogP contribution in [-0.2, 0) is 22.6 Å². The molecule has 2 aromatic rings. The van der Waals surface area contributed by atoms with E-state index in [1.54, 1.807) is 24.3 Å². The Hall–Kier alpha value is -2.54. The fourth-order valence-corrected chi connectivity index (χ4v) is 3.79. The minimum atomic E-state index is -0.943. The molecule has 1 aliphatic heterocycles. The molecule has 2 amide bonds. The van der Waals surface area contributed by atoms with Gasteiger partial charge in [0.1, 0.15) is 12.6 Å². The van der Waals surface area contributed by atoms with Gasteiger partial charge in [-0.3, -0.25) is 14.5 Å². The van der Waals surface area contributed by atoms with Crippen molar-refractivity contribution in [2.75, 3.05) is 0 Å². The second-order valence-electron chi connectivity index (χ2n) is 6.87. The van der Waals surface area contributed by atoms with Gasteiger partial charge in [0, 0.05) is 5.38 Å². The summed E-state index contributed by atoms with van der Waals surface area (Å²) in [6, 6.07) is 5.68. The lowest BCUT2D eigenvalue weighted by atomic mass is 10.0. The maximum absolute atomic E-state index is 12.8. The van der Waals surface area contributed by atoms with Crippen LogP contribution in [0.2, 0.25) is 0 Å². The van der Waals surface area contributed by atoms with Crippen LogP contribution in [0.4, 0.5) is 0 Å². The van der Waals surface area contributed by atoms with Gasteiger partial charge in [0.25, 0.3) is 11.8 Å². The van der Waals surface area contributed by atoms with Crippen LogP contribution in [0.15, 0.2) is 29.6 Å². The van der Waals surface area contributed by atoms with Gasteiger partial charge in [0.2, 0.25) is 0 Å². The molecule has 0 radical (unpaired) electrons. The first-order chi connectivity index (χ1) is 12.9. The molecule has 0 N–H and O–H groups in total. The SMILES string of the molecule is CCc1nc(COC(=O)C(CC(C)C)N2C(=O)c3ccccc3C2=O)cs1. The van der Waals surface area contributed by atoms with Gasteiger partial charge in [0.05, 0.1) is 21.8 Å². The third-order valence-electron chi connectivity index (χ3n) is 4.37. The zero-order chi connectivity index (χ0) is 19.6. The Morgan fingerprint density at radius 1 is 1.19 bits per heavy atom. The molecule has 7 heteroatoms. The molecule has 0 saturated heterocycles. The quantitative estimate of drug-likeness (QED) is 0.538. The number of carbonyl (C=O) groups excluding carboxylic acids is 3. The van der Waals surface area contributed by atoms with Gasteiger partial charge in [0.15, 0.2) is 0 Å². The Balaban J connectivity index is 1.78. The van der Waals surface area contributed by atoms with Crippen LogP contribution in [0.1, 0.15) is 58.6 Å². The Labute approximate surface area is 162 Å². The number of thiazole rings is 1. The molecule has 0 saturated carbocycles. The predicted octanol–water partition coefficient (Wildman–Crippen LogP) is 3.46. The highest BCUT2D eigenvalue weighted by Crippen LogP contribution is 2.27. The van der Waals surface area contributed by atoms with E-state index < -0.39 is 23.8 Å². The van der Waals surface area contributed by atoms with Crippen LogP contribution in [-0.4, -0.2) is 33.7 Å². The first-order valence-electron chi connectivity index (χ1n) is 8.99. The van der Waals surface area contributed by atoms with Crippen LogP contribution >= 0.6 is 11.3 Å². The lowest BCUT2D eigenvalue weighted by Crippen LogP contribution is -2.46. The van der Waals surface area contributed by atoms with Crippen molar-refractivity contribution in [3.63, 3.8) is 0 Å². The highest BCUT2D eigenvalue weighted by Gasteiger charge is 2.43. The van der Waals surface area contributed by atoms with E-state index >= 15 is 0 Å². The molecular weight excluding hydrogens is 364 g/mol. The monoisotopic (exact) mass is 386 g/mol. The maximum atomic E-state index is 12.8. The summed E-state index contributed by atoms with van der Waals surface area (Å²) in [5.41, 5.74) is 1.34. The molecule has 0 spiro atoms. The van der Waals surface area contributed by atoms with Crippen LogP contribution in [0.25, 0.3) is 0 Å². The summed E-state index contributed by atoms with van der Waals surface area (Å²) in [5, 5.41) is 2.83. The van der Waals surface area contributed by atoms with E-state index in [2.05, 4.69) is 4.98 Å². The molecule has 1 aromatic heterocycles. The summed E-state index contributed by atoms with van der Waals surface area (Å²) in [4.78, 5) is 43.7. The largest absolute Gasteiger partial charge is 0.458 e. The lowest BCUT2D eigenvalue weighted by molar-refractivity contribution is -0.150. The summed E-state index contributed by atoms with van der Waals surface area (Å²) in [6.45, 7) is 5.92. The summed E-state index contributed by atoms with van der Waals surface area (Å²) in [7, 11) is 0. The lowest BCUT2D eigenvalue weighted by Gasteiger charge is -2.25. The molecular formula is C20H22N2O4S. The third kappa shape index (κ3) is 3.93. The standard InChI is InChI=1S/C20H22N2O4S/c1-4-17-21-13(11-27-17)10-26-20(25)16(9-12(2)3)22-18(23)14-7-5-6-8-15(14)19(22)24/h5-8,11-12,16H,4,9-10H2,1-3H3. The Kier molecular flexibility index (Phi) is 5.70. The second-order valence-corrected chi connectivity index (χ2v) is 7.81. The number of esters is 1. The van der Waals surface area contributed by atoms with Crippen molar-refractivity contribution >= 4 is 29.1 Å². The Morgan fingerprint density at radius 2 is 1.81 bits per heavy atom. The number of imide groups is 1. The zero-order valence-corrected chi connectivity index (χ0v) is 16.4. The highest BCUT2D eigenvalue weighted by atomic mass is 32.1. The molecule has 142 valence electrons. The molecule has 1 atom stereocenters. The summed E-state index contributed by atoms with van der Waals surface area (Å²) < 4.78 is 5.42. The first kappa shape index (κ1) is 19.2. The third-order valence-corrected chi connectivity index (χ3v) is 5.41. The number of benzene rings is 1. The second kappa shape index (κ2) is 8.00. The number of aryl methyl sites for hydroxylation is 1. The van der Waals surface area contributed by atoms with Gasteiger partial charge >= 0.3 is 5.97 Å². The molecule has 1 aliphatic rings. The van der Waals surface area contributed by atoms with Crippen LogP contribution in [0.5, 0.6) is 0 Å². The number of hydrogen-bond donors (Lipinski definition) is 0. The van der Waals surface area contributed by atoms with Gasteiger partial charge in [-0.05, 0) is 30.9 Å². The van der Waals surface area contributed by atoms with E-state index in [-0.39, 0.29) is 12.5 Å². The highest BCUT2D eigenvalue weighted by molar-refractivity contribution is 7.09. The topological polar surface area (TPSA) is 76.6 Å². The van der Waals surface area contributed by atoms with Crippen LogP contribution < -0.4 is 0 Å². The number of hydrogen-bond acceptors (Lipinski definition) is 6. The molecule has 1 aromatic carbocycles. The maximum Gasteiger partial charge on any atom is 0.329 e. The van der Waals surface area contributed by atoms with Crippen molar-refractivity contribution in [2.45, 2.75) is 46.3 Å². The van der Waals surface area contributed by atoms with Gasteiger partial charge in [-0.1, -0.05) is 32.9 Å². The van der Waals surface area contributed by atoms with Gasteiger partial charge in [-0.25, -0.2) is 9.78 Å². The first-order valence-corrected chi connectivity index (χ1v) is 9.87. The van der Waals surface area contributed by atoms with E-state index in [0.29, 0.717) is 23.2 Å². The van der Waals surface area contributed by atoms with E-state index in [1.165, 1.54) is 11.3 Å². The molecule has 6 nitrogen and oxygen atoms in total. The number of fused-ring (bicyclic) bond motifs is 1. The van der Waals surface area contributed by atoms with Crippen molar-refractivity contribution in [1.82, 2.24) is 9.88 Å². The minimum Gasteiger partial charge on any atom is -0.458 e. The minimum absolute atomic E-state index is 0.0348. The molecule has 0 aliphatic carbocycles. The van der Waals surface area contributed by atoms with Crippen molar-refractivity contribution < 1.29 is 19.1 Å². The molecule has 3 rings (SSSR count). The van der Waals surface area contributed by atoms with Crippen molar-refractivity contribution in [3.8, 4) is 0 Å². The van der Waals surface area contributed by atoms with Gasteiger partial charge < -0.3 is 4.74 Å². The molecule has 0 fully saturated rings. The van der Waals surface area contributed by atoms with Crippen LogP contribution in [0.3, 0.4) is 0 Å². The predicted molar refractivity (Wildman–Crippen MR) is 101 cm³/mol. The van der Waals surface area contributed by atoms with E-state index in [0.717, 1.165) is 16.3 Å². The zero-order valence-electron chi connectivity index (χ0n) is 15.6. The summed E-state index contributed by atoms with van der Waals surface area (Å²) in [5.74, 6) is -1.36. The van der Waals surface area contributed by atoms with E-state index in [1.807, 2.05) is 26.2 Å². The van der Waals surface area contributed by atoms with Crippen molar-refractivity contribution in [2.24, 2.45) is 5.92 Å². The molecule has 27 heavy (non-hydrogen) atoms. The molecule has 0 bridgehead atoms. The summed E-state index contributed by atoms with van der Waals surface area (Å²) >= 11 is 1.52. The average molecular weight is 386 g/mol. The molecule has 2 heterocycles. The number of carbonyl (C=O) groups is 3. The summed E-state index contributed by atoms with van der Waals surface area (Å²) in [6.07, 6.45) is 1.17. The van der Waals surface area contributed by atoms with Crippen LogP contribution in [0, 0.1) is 5.92 Å². The number of amides is 2. The van der Waals surface area contributed by atoms with Gasteiger partial charge in [-0.15, -0.1) is 11.3 Å². The van der Waals surface area contributed by atoms with Crippen molar-refractivity contribution in [3.05, 3.63) is 51.5 Å². The number of rotatable bonds is 7. The number of nitrogens with zero attached hydrogens (tertiary/aromatic N) is 2. The molecule has 1 unspecified atom stereocenters. The number of ether oxygens (including phenoxy) is 1. The van der Waals surface area contributed by atoms with E-state index in [4.69, 9.17) is 4.74 Å². The fourth-order valence-electron chi connectivity index (χ4n) is 3.06. The fraction of sp³-hybridized carbons (Fsp3) is 0.400. The smallest absolute Gasteiger partial charge is 0.329 e. The van der Waals surface area contributed by atoms with Crippen molar-refractivity contribution in [1.29, 1.82) is 0 Å². The van der Waals surface area contributed by atoms with Gasteiger partial charge in [-0.2, -0.15) is 0 Å².